The van der Waals surface area contributed by atoms with Gasteiger partial charge in [0, 0.05) is 48.9 Å². The van der Waals surface area contributed by atoms with Gasteiger partial charge in [0.2, 0.25) is 11.8 Å². The maximum absolute atomic E-state index is 13.2. The van der Waals surface area contributed by atoms with Crippen LogP contribution in [0.5, 0.6) is 0 Å². The molecule has 2 aliphatic heterocycles. The van der Waals surface area contributed by atoms with E-state index in [-0.39, 0.29) is 65.5 Å². The molecule has 0 saturated carbocycles. The lowest BCUT2D eigenvalue weighted by Gasteiger charge is -2.29. The van der Waals surface area contributed by atoms with Crippen LogP contribution in [0.3, 0.4) is 0 Å². The maximum atomic E-state index is 13.2. The summed E-state index contributed by atoms with van der Waals surface area (Å²) in [6.07, 6.45) is 12.1. The van der Waals surface area contributed by atoms with E-state index in [9.17, 15) is 19.2 Å². The zero-order valence-corrected chi connectivity index (χ0v) is 37.7. The Morgan fingerprint density at radius 3 is 1.33 bits per heavy atom. The largest absolute Gasteiger partial charge is 0.412 e. The number of unbranched alkanes of at least 4 members (excludes halogenated alkanes) is 2. The molecule has 0 spiro atoms. The van der Waals surface area contributed by atoms with E-state index >= 15 is 0 Å². The zero-order chi connectivity index (χ0) is 40.4. The predicted octanol–water partition coefficient (Wildman–Crippen LogP) is 9.18. The number of carbonyl (C=O) groups excluding carboxylic acids is 4. The van der Waals surface area contributed by atoms with Crippen molar-refractivity contribution in [1.82, 2.24) is 10.6 Å². The van der Waals surface area contributed by atoms with Crippen molar-refractivity contribution in [3.63, 3.8) is 0 Å². The summed E-state index contributed by atoms with van der Waals surface area (Å²) in [5, 5.41) is 13.8. The highest BCUT2D eigenvalue weighted by Crippen LogP contribution is 2.41. The van der Waals surface area contributed by atoms with Crippen LogP contribution in [-0.2, 0) is 48.1 Å². The molecule has 0 saturated heterocycles. The fourth-order valence-corrected chi connectivity index (χ4v) is 9.49. The van der Waals surface area contributed by atoms with Crippen LogP contribution < -0.4 is 21.3 Å². The average molecular weight is 913 g/mol. The molecule has 4 aromatic carbocycles. The second kappa shape index (κ2) is 24.2. The minimum absolute atomic E-state index is 0. The van der Waals surface area contributed by atoms with Gasteiger partial charge in [-0.2, -0.15) is 0 Å². The smallest absolute Gasteiger partial charge is 0.224 e. The fraction of sp³-hybridized carbons (Fsp3) is 0.417. The number of anilines is 2. The van der Waals surface area contributed by atoms with Crippen molar-refractivity contribution in [2.75, 3.05) is 36.8 Å². The van der Waals surface area contributed by atoms with E-state index in [1.807, 2.05) is 24.3 Å². The monoisotopic (exact) mass is 910 g/mol. The molecule has 2 atom stereocenters. The van der Waals surface area contributed by atoms with Gasteiger partial charge in [0.25, 0.3) is 0 Å². The SMILES string of the molecule is Cl.Cl.O.O=C1CCc2c(c(Cl)cc3c2C(=O)C(CNCCCCc2ccccc2)CC3)N1.O=C1CCc2c(c(Cl)cc3c2C(=O)C(CNCCCCc2ccccc2)CC3)N1. The Balaban J connectivity index is 0.000000256. The number of carbonyl (C=O) groups is 4. The number of hydrogen-bond acceptors (Lipinski definition) is 6. The number of rotatable bonds is 14. The van der Waals surface area contributed by atoms with Gasteiger partial charge in [-0.15, -0.1) is 24.8 Å². The summed E-state index contributed by atoms with van der Waals surface area (Å²) in [5.41, 5.74) is 9.61. The first-order valence-corrected chi connectivity index (χ1v) is 21.9. The van der Waals surface area contributed by atoms with E-state index in [1.54, 1.807) is 0 Å². The summed E-state index contributed by atoms with van der Waals surface area (Å²) >= 11 is 12.7. The van der Waals surface area contributed by atoms with Gasteiger partial charge >= 0.3 is 0 Å². The molecule has 2 aliphatic carbocycles. The van der Waals surface area contributed by atoms with E-state index in [0.717, 1.165) is 111 Å². The van der Waals surface area contributed by atoms with Crippen molar-refractivity contribution >= 4 is 82.8 Å². The third kappa shape index (κ3) is 12.7. The minimum Gasteiger partial charge on any atom is -0.412 e. The number of amides is 2. The van der Waals surface area contributed by atoms with E-state index < -0.39 is 0 Å². The quantitative estimate of drug-likeness (QED) is 0.0929. The summed E-state index contributed by atoms with van der Waals surface area (Å²) in [4.78, 5) is 49.9. The van der Waals surface area contributed by atoms with Crippen molar-refractivity contribution in [3.05, 3.63) is 127 Å². The number of nitrogens with one attached hydrogen (secondary N) is 4. The van der Waals surface area contributed by atoms with Gasteiger partial charge in [-0.25, -0.2) is 0 Å². The summed E-state index contributed by atoms with van der Waals surface area (Å²) in [5.74, 6) is 0.339. The first-order chi connectivity index (χ1) is 28.3. The van der Waals surface area contributed by atoms with Crippen LogP contribution in [0, 0.1) is 11.8 Å². The number of ketones is 2. The molecule has 2 heterocycles. The van der Waals surface area contributed by atoms with Crippen LogP contribution in [0.1, 0.15) is 105 Å². The van der Waals surface area contributed by atoms with Crippen LogP contribution >= 0.6 is 48.0 Å². The molecule has 6 N–H and O–H groups in total. The molecule has 2 unspecified atom stereocenters. The van der Waals surface area contributed by atoms with Gasteiger partial charge in [-0.1, -0.05) is 83.9 Å². The Bertz CT molecular complexity index is 1990. The Hall–Kier alpha value is -3.80. The third-order valence-electron chi connectivity index (χ3n) is 12.0. The molecular weight excluding hydrogens is 854 g/mol. The summed E-state index contributed by atoms with van der Waals surface area (Å²) < 4.78 is 0. The first-order valence-electron chi connectivity index (χ1n) is 21.1. The number of aryl methyl sites for hydroxylation is 4. The molecule has 0 fully saturated rings. The molecule has 328 valence electrons. The van der Waals surface area contributed by atoms with Crippen molar-refractivity contribution in [2.24, 2.45) is 11.8 Å². The van der Waals surface area contributed by atoms with Crippen LogP contribution in [0.4, 0.5) is 11.4 Å². The Morgan fingerprint density at radius 1 is 0.541 bits per heavy atom. The van der Waals surface area contributed by atoms with Crippen molar-refractivity contribution in [1.29, 1.82) is 0 Å². The Labute approximate surface area is 382 Å². The molecule has 0 bridgehead atoms. The molecule has 9 nitrogen and oxygen atoms in total. The maximum Gasteiger partial charge on any atom is 0.224 e. The lowest BCUT2D eigenvalue weighted by atomic mass is 9.78. The topological polar surface area (TPSA) is 148 Å². The summed E-state index contributed by atoms with van der Waals surface area (Å²) in [6.45, 7) is 3.29. The van der Waals surface area contributed by atoms with Crippen LogP contribution in [0.25, 0.3) is 0 Å². The highest BCUT2D eigenvalue weighted by molar-refractivity contribution is 6.35. The van der Waals surface area contributed by atoms with Gasteiger partial charge in [0.15, 0.2) is 11.6 Å². The summed E-state index contributed by atoms with van der Waals surface area (Å²) in [7, 11) is 0. The fourth-order valence-electron chi connectivity index (χ4n) is 8.90. The standard InChI is InChI=1S/2C24H27ClN2O2.2ClH.H2O/c2*25-20-14-17-9-10-18(15-26-13-5-4-8-16-6-2-1-3-7-16)24(29)22(17)19-11-12-21(28)27-23(19)20;;;/h2*1-3,6-7,14,18,26H,4-5,8-13,15H2,(H,27,28);2*1H;1H2. The molecule has 4 aromatic rings. The summed E-state index contributed by atoms with van der Waals surface area (Å²) in [6, 6.07) is 24.8. The highest BCUT2D eigenvalue weighted by atomic mass is 35.5. The number of hydrogen-bond donors (Lipinski definition) is 4. The van der Waals surface area contributed by atoms with E-state index in [4.69, 9.17) is 23.2 Å². The van der Waals surface area contributed by atoms with Gasteiger partial charge < -0.3 is 26.7 Å². The molecule has 4 aliphatic rings. The normalized spacial score (nSPS) is 17.3. The minimum atomic E-state index is -0.0312. The third-order valence-corrected chi connectivity index (χ3v) is 12.6. The second-order valence-electron chi connectivity index (χ2n) is 16.1. The van der Waals surface area contributed by atoms with Gasteiger partial charge in [0.1, 0.15) is 0 Å². The molecule has 13 heteroatoms. The van der Waals surface area contributed by atoms with Crippen molar-refractivity contribution < 1.29 is 24.7 Å². The lowest BCUT2D eigenvalue weighted by Crippen LogP contribution is -2.34. The highest BCUT2D eigenvalue weighted by Gasteiger charge is 2.35. The molecule has 0 aromatic heterocycles. The molecule has 2 amide bonds. The lowest BCUT2D eigenvalue weighted by molar-refractivity contribution is -0.117. The van der Waals surface area contributed by atoms with Crippen LogP contribution in [0.15, 0.2) is 72.8 Å². The average Bonchev–Trinajstić information content (AvgIpc) is 3.23. The zero-order valence-electron chi connectivity index (χ0n) is 34.5. The van der Waals surface area contributed by atoms with Crippen LogP contribution in [0.2, 0.25) is 10.0 Å². The molecule has 61 heavy (non-hydrogen) atoms. The molecule has 0 radical (unpaired) electrons. The van der Waals surface area contributed by atoms with Crippen LogP contribution in [-0.4, -0.2) is 55.0 Å². The molecular formula is C48H58Cl4N4O5. The first kappa shape index (κ1) is 49.9. The van der Waals surface area contributed by atoms with Crippen molar-refractivity contribution in [2.45, 2.75) is 89.9 Å². The second-order valence-corrected chi connectivity index (χ2v) is 16.9. The number of Topliss-reactive ketones (excluding diaryl/α,β-unsaturated/α-hetero) is 2. The van der Waals surface area contributed by atoms with E-state index in [2.05, 4.69) is 69.8 Å². The number of fused-ring (bicyclic) bond motifs is 6. The van der Waals surface area contributed by atoms with Gasteiger partial charge in [-0.3, -0.25) is 19.2 Å². The van der Waals surface area contributed by atoms with Crippen molar-refractivity contribution in [3.8, 4) is 0 Å². The predicted molar refractivity (Wildman–Crippen MR) is 252 cm³/mol. The van der Waals surface area contributed by atoms with Gasteiger partial charge in [-0.05, 0) is 136 Å². The van der Waals surface area contributed by atoms with Gasteiger partial charge in [0.05, 0.1) is 21.4 Å². The number of halogens is 4. The van der Waals surface area contributed by atoms with E-state index in [0.29, 0.717) is 60.2 Å². The number of benzene rings is 4. The Kier molecular flexibility index (Phi) is 19.7. The molecule has 8 rings (SSSR count). The van der Waals surface area contributed by atoms with E-state index in [1.165, 1.54) is 11.1 Å². The Morgan fingerprint density at radius 2 is 0.934 bits per heavy atom.